The van der Waals surface area contributed by atoms with E-state index in [-0.39, 0.29) is 11.5 Å². The average Bonchev–Trinajstić information content (AvgIpc) is 2.26. The van der Waals surface area contributed by atoms with Crippen molar-refractivity contribution in [2.75, 3.05) is 13.6 Å². The third-order valence-electron chi connectivity index (χ3n) is 2.50. The molecule has 0 unspecified atom stereocenters. The Balaban J connectivity index is 2.64. The van der Waals surface area contributed by atoms with Gasteiger partial charge < -0.3 is 10.6 Å². The zero-order valence-electron chi connectivity index (χ0n) is 10.00. The molecule has 2 nitrogen and oxygen atoms in total. The monoisotopic (exact) mass is 276 g/mol. The second-order valence-corrected chi connectivity index (χ2v) is 4.56. The molecule has 18 heavy (non-hydrogen) atoms. The maximum atomic E-state index is 12.1. The van der Waals surface area contributed by atoms with Gasteiger partial charge in [0.2, 0.25) is 0 Å². The highest BCUT2D eigenvalue weighted by molar-refractivity contribution is 7.80. The lowest BCUT2D eigenvalue weighted by atomic mass is 10.1. The predicted molar refractivity (Wildman–Crippen MR) is 69.3 cm³/mol. The van der Waals surface area contributed by atoms with Gasteiger partial charge in [-0.05, 0) is 12.6 Å². The summed E-state index contributed by atoms with van der Waals surface area (Å²) in [4.78, 5) is 1.86. The van der Waals surface area contributed by atoms with E-state index in [1.54, 1.807) is 24.1 Å². The van der Waals surface area contributed by atoms with Crippen LogP contribution in [-0.4, -0.2) is 29.7 Å². The first kappa shape index (κ1) is 14.9. The maximum Gasteiger partial charge on any atom is 0.390 e. The molecule has 0 atom stereocenters. The van der Waals surface area contributed by atoms with Gasteiger partial charge in [0, 0.05) is 18.7 Å². The summed E-state index contributed by atoms with van der Waals surface area (Å²) in [6.45, 7) is 0.346. The number of nitrogens with two attached hydrogens (primary N) is 1. The van der Waals surface area contributed by atoms with Gasteiger partial charge in [0.1, 0.15) is 4.99 Å². The lowest BCUT2D eigenvalue weighted by Crippen LogP contribution is -2.25. The van der Waals surface area contributed by atoms with Gasteiger partial charge in [0.15, 0.2) is 0 Å². The highest BCUT2D eigenvalue weighted by Crippen LogP contribution is 2.20. The van der Waals surface area contributed by atoms with Crippen LogP contribution >= 0.6 is 12.2 Å². The lowest BCUT2D eigenvalue weighted by molar-refractivity contribution is -0.137. The third kappa shape index (κ3) is 5.01. The van der Waals surface area contributed by atoms with E-state index in [9.17, 15) is 13.2 Å². The van der Waals surface area contributed by atoms with Crippen LogP contribution in [0.1, 0.15) is 17.5 Å². The molecule has 0 spiro atoms. The number of alkyl halides is 3. The first-order chi connectivity index (χ1) is 8.29. The molecular weight excluding hydrogens is 261 g/mol. The van der Waals surface area contributed by atoms with Crippen molar-refractivity contribution in [2.24, 2.45) is 5.73 Å². The number of halogens is 3. The standard InChI is InChI=1S/C12H15F3N2S/c1-17(7-6-12(13,14)15)8-9-4-2-3-5-10(9)11(16)18/h2-5H,6-8H2,1H3,(H2,16,18). The van der Waals surface area contributed by atoms with Gasteiger partial charge >= 0.3 is 6.18 Å². The van der Waals surface area contributed by atoms with Crippen molar-refractivity contribution in [1.29, 1.82) is 0 Å². The van der Waals surface area contributed by atoms with Crippen LogP contribution in [0.3, 0.4) is 0 Å². The molecule has 0 amide bonds. The van der Waals surface area contributed by atoms with Gasteiger partial charge in [-0.15, -0.1) is 0 Å². The van der Waals surface area contributed by atoms with E-state index in [4.69, 9.17) is 18.0 Å². The number of nitrogens with zero attached hydrogens (tertiary/aromatic N) is 1. The Bertz CT molecular complexity index is 418. The quantitative estimate of drug-likeness (QED) is 0.838. The summed E-state index contributed by atoms with van der Waals surface area (Å²) in [5, 5.41) is 0. The highest BCUT2D eigenvalue weighted by Gasteiger charge is 2.27. The minimum absolute atomic E-state index is 0.0465. The van der Waals surface area contributed by atoms with Gasteiger partial charge in [0.05, 0.1) is 6.42 Å². The highest BCUT2D eigenvalue weighted by atomic mass is 32.1. The molecule has 2 N–H and O–H groups in total. The molecule has 0 fully saturated rings. The summed E-state index contributed by atoms with van der Waals surface area (Å²) in [6, 6.07) is 7.20. The molecule has 0 saturated carbocycles. The summed E-state index contributed by atoms with van der Waals surface area (Å²) < 4.78 is 36.3. The first-order valence-corrected chi connectivity index (χ1v) is 5.83. The van der Waals surface area contributed by atoms with E-state index in [0.717, 1.165) is 5.56 Å². The average molecular weight is 276 g/mol. The van der Waals surface area contributed by atoms with Gasteiger partial charge in [-0.1, -0.05) is 36.5 Å². The number of thiocarbonyl (C=S) groups is 1. The van der Waals surface area contributed by atoms with Crippen molar-refractivity contribution < 1.29 is 13.2 Å². The van der Waals surface area contributed by atoms with E-state index in [0.29, 0.717) is 12.1 Å². The number of hydrogen-bond acceptors (Lipinski definition) is 2. The van der Waals surface area contributed by atoms with Crippen LogP contribution in [0.5, 0.6) is 0 Å². The Hall–Kier alpha value is -1.14. The number of benzene rings is 1. The zero-order valence-corrected chi connectivity index (χ0v) is 10.8. The van der Waals surface area contributed by atoms with E-state index < -0.39 is 12.6 Å². The van der Waals surface area contributed by atoms with Crippen LogP contribution in [0, 0.1) is 0 Å². The second-order valence-electron chi connectivity index (χ2n) is 4.12. The Morgan fingerprint density at radius 3 is 2.50 bits per heavy atom. The fourth-order valence-corrected chi connectivity index (χ4v) is 1.79. The summed E-state index contributed by atoms with van der Waals surface area (Å²) in [7, 11) is 1.64. The minimum atomic E-state index is -4.13. The Morgan fingerprint density at radius 2 is 1.94 bits per heavy atom. The van der Waals surface area contributed by atoms with E-state index in [2.05, 4.69) is 0 Å². The van der Waals surface area contributed by atoms with Crippen molar-refractivity contribution in [3.8, 4) is 0 Å². The zero-order chi connectivity index (χ0) is 13.8. The predicted octanol–water partition coefficient (Wildman–Crippen LogP) is 2.71. The molecule has 0 radical (unpaired) electrons. The van der Waals surface area contributed by atoms with Crippen molar-refractivity contribution in [2.45, 2.75) is 19.1 Å². The van der Waals surface area contributed by atoms with Crippen molar-refractivity contribution in [3.63, 3.8) is 0 Å². The van der Waals surface area contributed by atoms with Crippen LogP contribution in [0.25, 0.3) is 0 Å². The van der Waals surface area contributed by atoms with Crippen LogP contribution in [0.15, 0.2) is 24.3 Å². The van der Waals surface area contributed by atoms with Crippen molar-refractivity contribution in [3.05, 3.63) is 35.4 Å². The van der Waals surface area contributed by atoms with E-state index >= 15 is 0 Å². The van der Waals surface area contributed by atoms with Gasteiger partial charge in [-0.25, -0.2) is 0 Å². The molecule has 1 rings (SSSR count). The minimum Gasteiger partial charge on any atom is -0.389 e. The van der Waals surface area contributed by atoms with Crippen LogP contribution in [-0.2, 0) is 6.54 Å². The largest absolute Gasteiger partial charge is 0.390 e. The smallest absolute Gasteiger partial charge is 0.389 e. The third-order valence-corrected chi connectivity index (χ3v) is 2.72. The molecule has 1 aromatic carbocycles. The fraction of sp³-hybridized carbons (Fsp3) is 0.417. The lowest BCUT2D eigenvalue weighted by Gasteiger charge is -2.19. The topological polar surface area (TPSA) is 29.3 Å². The molecule has 0 saturated heterocycles. The van der Waals surface area contributed by atoms with Crippen LogP contribution in [0.2, 0.25) is 0 Å². The molecule has 0 heterocycles. The van der Waals surface area contributed by atoms with Crippen molar-refractivity contribution in [1.82, 2.24) is 4.90 Å². The van der Waals surface area contributed by atoms with Crippen molar-refractivity contribution >= 4 is 17.2 Å². The molecule has 0 aliphatic rings. The summed E-state index contributed by atoms with van der Waals surface area (Å²) in [5.74, 6) is 0. The molecule has 0 bridgehead atoms. The molecule has 0 aromatic heterocycles. The fourth-order valence-electron chi connectivity index (χ4n) is 1.59. The first-order valence-electron chi connectivity index (χ1n) is 5.42. The van der Waals surface area contributed by atoms with E-state index in [1.165, 1.54) is 0 Å². The maximum absolute atomic E-state index is 12.1. The summed E-state index contributed by atoms with van der Waals surface area (Å²) in [6.07, 6.45) is -4.95. The second kappa shape index (κ2) is 6.15. The molecule has 100 valence electrons. The molecule has 0 aliphatic carbocycles. The van der Waals surface area contributed by atoms with Crippen LogP contribution in [0.4, 0.5) is 13.2 Å². The summed E-state index contributed by atoms with van der Waals surface area (Å²) in [5.41, 5.74) is 7.12. The summed E-state index contributed by atoms with van der Waals surface area (Å²) >= 11 is 4.91. The van der Waals surface area contributed by atoms with Gasteiger partial charge in [-0.2, -0.15) is 13.2 Å². The molecule has 6 heteroatoms. The normalized spacial score (nSPS) is 11.8. The molecule has 0 aliphatic heterocycles. The van der Waals surface area contributed by atoms with Gasteiger partial charge in [0.25, 0.3) is 0 Å². The molecular formula is C12H15F3N2S. The number of hydrogen-bond donors (Lipinski definition) is 1. The Kier molecular flexibility index (Phi) is 5.10. The molecule has 1 aromatic rings. The SMILES string of the molecule is CN(CCC(F)(F)F)Cc1ccccc1C(N)=S. The number of rotatable bonds is 5. The van der Waals surface area contributed by atoms with Crippen LogP contribution < -0.4 is 5.73 Å². The Morgan fingerprint density at radius 1 is 1.33 bits per heavy atom. The van der Waals surface area contributed by atoms with E-state index in [1.807, 2.05) is 12.1 Å². The Labute approximate surface area is 110 Å². The van der Waals surface area contributed by atoms with Gasteiger partial charge in [-0.3, -0.25) is 0 Å².